The minimum Gasteiger partial charge on any atom is -0.394 e. The second-order valence-corrected chi connectivity index (χ2v) is 3.51. The van der Waals surface area contributed by atoms with Crippen molar-refractivity contribution in [1.82, 2.24) is 9.55 Å². The lowest BCUT2D eigenvalue weighted by atomic mass is 10.3. The van der Waals surface area contributed by atoms with Crippen molar-refractivity contribution in [2.45, 2.75) is 25.7 Å². The Labute approximate surface area is 97.9 Å². The number of H-pyrrole nitrogens is 1. The molecule has 2 atom stereocenters. The summed E-state index contributed by atoms with van der Waals surface area (Å²) in [5, 5.41) is 8.89. The number of nitrogens with one attached hydrogen (secondary N) is 1. The second-order valence-electron chi connectivity index (χ2n) is 3.51. The Morgan fingerprint density at radius 3 is 2.88 bits per heavy atom. The van der Waals surface area contributed by atoms with Crippen LogP contribution < -0.4 is 11.2 Å². The van der Waals surface area contributed by atoms with E-state index in [0.717, 1.165) is 0 Å². The molecule has 0 saturated heterocycles. The average Bonchev–Trinajstić information content (AvgIpc) is 2.28. The summed E-state index contributed by atoms with van der Waals surface area (Å²) in [6.45, 7) is 1.47. The fraction of sp³-hybridized carbons (Fsp3) is 0.455. The van der Waals surface area contributed by atoms with Crippen molar-refractivity contribution >= 4 is 0 Å². The molecular weight excluding hydrogens is 224 g/mol. The molecule has 2 N–H and O–H groups in total. The number of nitrogens with zero attached hydrogens (tertiary/aromatic N) is 1. The summed E-state index contributed by atoms with van der Waals surface area (Å²) in [5.74, 6) is 2.38. The molecule has 0 radical (unpaired) electrons. The third-order valence-electron chi connectivity index (χ3n) is 2.10. The molecule has 0 aliphatic heterocycles. The van der Waals surface area contributed by atoms with Crippen LogP contribution >= 0.6 is 0 Å². The summed E-state index contributed by atoms with van der Waals surface area (Å²) in [5.41, 5.74) is -1.08. The van der Waals surface area contributed by atoms with Gasteiger partial charge in [-0.2, -0.15) is 0 Å². The lowest BCUT2D eigenvalue weighted by Crippen LogP contribution is -2.34. The summed E-state index contributed by atoms with van der Waals surface area (Å²) in [6.07, 6.45) is 5.51. The summed E-state index contributed by atoms with van der Waals surface area (Å²) in [6, 6.07) is 1.21. The molecule has 1 heterocycles. The largest absolute Gasteiger partial charge is 0.394 e. The first kappa shape index (κ1) is 13.2. The van der Waals surface area contributed by atoms with Crippen molar-refractivity contribution in [3.05, 3.63) is 33.1 Å². The number of hydrogen-bond donors (Lipinski definition) is 2. The Morgan fingerprint density at radius 1 is 1.65 bits per heavy atom. The van der Waals surface area contributed by atoms with Crippen LogP contribution in [0.1, 0.15) is 19.6 Å². The van der Waals surface area contributed by atoms with Gasteiger partial charge in [-0.3, -0.25) is 14.3 Å². The van der Waals surface area contributed by atoms with Crippen LogP contribution in [0.15, 0.2) is 21.9 Å². The first-order chi connectivity index (χ1) is 8.08. The lowest BCUT2D eigenvalue weighted by Gasteiger charge is -2.21. The molecule has 0 aliphatic rings. The highest BCUT2D eigenvalue weighted by Gasteiger charge is 2.15. The first-order valence-corrected chi connectivity index (χ1v) is 5.09. The van der Waals surface area contributed by atoms with Gasteiger partial charge in [-0.25, -0.2) is 4.79 Å². The molecule has 6 nitrogen and oxygen atoms in total. The summed E-state index contributed by atoms with van der Waals surface area (Å²) in [4.78, 5) is 24.5. The van der Waals surface area contributed by atoms with Gasteiger partial charge in [-0.05, 0) is 6.92 Å². The van der Waals surface area contributed by atoms with E-state index in [4.69, 9.17) is 16.3 Å². The Morgan fingerprint density at radius 2 is 2.35 bits per heavy atom. The molecule has 2 unspecified atom stereocenters. The monoisotopic (exact) mass is 238 g/mol. The van der Waals surface area contributed by atoms with Crippen LogP contribution in [0.25, 0.3) is 0 Å². The van der Waals surface area contributed by atoms with Crippen molar-refractivity contribution in [1.29, 1.82) is 0 Å². The molecule has 1 aromatic rings. The van der Waals surface area contributed by atoms with Gasteiger partial charge in [-0.15, -0.1) is 12.3 Å². The van der Waals surface area contributed by atoms with Crippen LogP contribution in [-0.4, -0.2) is 27.4 Å². The van der Waals surface area contributed by atoms with Gasteiger partial charge in [0.2, 0.25) is 0 Å². The molecule has 0 aliphatic carbocycles. The molecule has 0 amide bonds. The molecule has 1 aromatic heterocycles. The van der Waals surface area contributed by atoms with Gasteiger partial charge in [-0.1, -0.05) is 0 Å². The van der Waals surface area contributed by atoms with Gasteiger partial charge in [0, 0.05) is 12.3 Å². The van der Waals surface area contributed by atoms with E-state index in [1.165, 1.54) is 16.8 Å². The van der Waals surface area contributed by atoms with Crippen LogP contribution in [0.4, 0.5) is 0 Å². The molecule has 6 heteroatoms. The number of terminal acetylenes is 1. The van der Waals surface area contributed by atoms with Crippen molar-refractivity contribution in [3.63, 3.8) is 0 Å². The van der Waals surface area contributed by atoms with Crippen molar-refractivity contribution in [2.75, 3.05) is 6.61 Å². The molecule has 0 saturated carbocycles. The maximum atomic E-state index is 11.5. The molecule has 17 heavy (non-hydrogen) atoms. The molecule has 92 valence electrons. The molecule has 0 bridgehead atoms. The van der Waals surface area contributed by atoms with Gasteiger partial charge in [0.15, 0.2) is 0 Å². The van der Waals surface area contributed by atoms with Crippen LogP contribution in [0, 0.1) is 12.3 Å². The number of aromatic nitrogens is 2. The SMILES string of the molecule is C#CCC(OC(C)CO)n1ccc(=O)[nH]c1=O. The number of ether oxygens (including phenoxy) is 1. The van der Waals surface area contributed by atoms with E-state index in [-0.39, 0.29) is 13.0 Å². The van der Waals surface area contributed by atoms with Gasteiger partial charge < -0.3 is 9.84 Å². The van der Waals surface area contributed by atoms with Crippen LogP contribution in [0.5, 0.6) is 0 Å². The van der Waals surface area contributed by atoms with E-state index in [0.29, 0.717) is 0 Å². The highest BCUT2D eigenvalue weighted by Crippen LogP contribution is 2.12. The fourth-order valence-corrected chi connectivity index (χ4v) is 1.28. The lowest BCUT2D eigenvalue weighted by molar-refractivity contribution is -0.0652. The maximum Gasteiger partial charge on any atom is 0.330 e. The van der Waals surface area contributed by atoms with Crippen LogP contribution in [0.2, 0.25) is 0 Å². The molecule has 0 aromatic carbocycles. The highest BCUT2D eigenvalue weighted by molar-refractivity contribution is 4.90. The van der Waals surface area contributed by atoms with E-state index in [1.807, 2.05) is 0 Å². The number of rotatable bonds is 5. The van der Waals surface area contributed by atoms with Gasteiger partial charge >= 0.3 is 5.69 Å². The second kappa shape index (κ2) is 6.03. The summed E-state index contributed by atoms with van der Waals surface area (Å²) < 4.78 is 6.58. The minimum absolute atomic E-state index is 0.163. The molecular formula is C11H14N2O4. The summed E-state index contributed by atoms with van der Waals surface area (Å²) in [7, 11) is 0. The van der Waals surface area contributed by atoms with Crippen molar-refractivity contribution < 1.29 is 9.84 Å². The number of aromatic amines is 1. The van der Waals surface area contributed by atoms with Crippen molar-refractivity contribution in [2.24, 2.45) is 0 Å². The molecule has 0 spiro atoms. The Balaban J connectivity index is 3.02. The smallest absolute Gasteiger partial charge is 0.330 e. The van der Waals surface area contributed by atoms with E-state index in [9.17, 15) is 9.59 Å². The quantitative estimate of drug-likeness (QED) is 0.674. The van der Waals surface area contributed by atoms with Crippen LogP contribution in [-0.2, 0) is 4.74 Å². The van der Waals surface area contributed by atoms with Gasteiger partial charge in [0.05, 0.1) is 19.1 Å². The number of aliphatic hydroxyl groups is 1. The van der Waals surface area contributed by atoms with Crippen molar-refractivity contribution in [3.8, 4) is 12.3 Å². The molecule has 0 fully saturated rings. The fourth-order valence-electron chi connectivity index (χ4n) is 1.28. The van der Waals surface area contributed by atoms with E-state index in [1.54, 1.807) is 6.92 Å². The van der Waals surface area contributed by atoms with E-state index >= 15 is 0 Å². The zero-order chi connectivity index (χ0) is 12.8. The Hall–Kier alpha value is -1.84. The zero-order valence-corrected chi connectivity index (χ0v) is 9.42. The molecule has 1 rings (SSSR count). The standard InChI is InChI=1S/C11H14N2O4/c1-3-4-10(17-8(2)7-14)13-6-5-9(15)12-11(13)16/h1,5-6,8,10,14H,4,7H2,2H3,(H,12,15,16). The number of hydrogen-bond acceptors (Lipinski definition) is 4. The maximum absolute atomic E-state index is 11.5. The van der Waals surface area contributed by atoms with Crippen LogP contribution in [0.3, 0.4) is 0 Å². The normalized spacial score (nSPS) is 13.9. The predicted octanol–water partition coefficient (Wildman–Crippen LogP) is -0.544. The highest BCUT2D eigenvalue weighted by atomic mass is 16.5. The van der Waals surface area contributed by atoms with Gasteiger partial charge in [0.25, 0.3) is 5.56 Å². The zero-order valence-electron chi connectivity index (χ0n) is 9.42. The van der Waals surface area contributed by atoms with E-state index < -0.39 is 23.6 Å². The third-order valence-corrected chi connectivity index (χ3v) is 2.10. The topological polar surface area (TPSA) is 84.3 Å². The summed E-state index contributed by atoms with van der Waals surface area (Å²) >= 11 is 0. The number of aliphatic hydroxyl groups excluding tert-OH is 1. The average molecular weight is 238 g/mol. The Kier molecular flexibility index (Phi) is 4.69. The Bertz CT molecular complexity index is 511. The van der Waals surface area contributed by atoms with E-state index in [2.05, 4.69) is 10.9 Å². The first-order valence-electron chi connectivity index (χ1n) is 5.09. The van der Waals surface area contributed by atoms with Gasteiger partial charge in [0.1, 0.15) is 6.23 Å². The third kappa shape index (κ3) is 3.59. The minimum atomic E-state index is -0.702. The predicted molar refractivity (Wildman–Crippen MR) is 61.4 cm³/mol.